The zero-order valence-electron chi connectivity index (χ0n) is 10.6. The molecule has 0 atom stereocenters. The summed E-state index contributed by atoms with van der Waals surface area (Å²) in [6, 6.07) is 5.33. The van der Waals surface area contributed by atoms with E-state index in [1.807, 2.05) is 0 Å². The van der Waals surface area contributed by atoms with Gasteiger partial charge in [0.1, 0.15) is 11.5 Å². The number of carbonyl (C=O) groups excluding carboxylic acids is 1. The highest BCUT2D eigenvalue weighted by molar-refractivity contribution is 5.96. The van der Waals surface area contributed by atoms with Crippen LogP contribution in [-0.4, -0.2) is 17.6 Å². The molecule has 0 radical (unpaired) electrons. The largest absolute Gasteiger partial charge is 0.304 e. The second kappa shape index (κ2) is 5.19. The summed E-state index contributed by atoms with van der Waals surface area (Å²) in [4.78, 5) is 28.6. The van der Waals surface area contributed by atoms with Gasteiger partial charge >= 0.3 is 0 Å². The Balaban J connectivity index is 2.76. The lowest BCUT2D eigenvalue weighted by Crippen LogP contribution is -2.31. The van der Waals surface area contributed by atoms with E-state index < -0.39 is 11.7 Å². The Kier molecular flexibility index (Phi) is 3.62. The number of hydroxylamine groups is 1. The molecule has 0 spiro atoms. The van der Waals surface area contributed by atoms with Gasteiger partial charge in [-0.1, -0.05) is 0 Å². The molecule has 2 rings (SSSR count). The maximum absolute atomic E-state index is 13.2. The number of nitrogens with one attached hydrogen (secondary N) is 1. The van der Waals surface area contributed by atoms with Crippen molar-refractivity contribution in [2.24, 2.45) is 0 Å². The van der Waals surface area contributed by atoms with Crippen LogP contribution in [0.4, 0.5) is 4.39 Å². The molecule has 1 amide bonds. The van der Waals surface area contributed by atoms with Gasteiger partial charge < -0.3 is 4.57 Å². The molecule has 1 N–H and O–H groups in total. The third kappa shape index (κ3) is 2.34. The summed E-state index contributed by atoms with van der Waals surface area (Å²) in [5.41, 5.74) is 1.95. The van der Waals surface area contributed by atoms with E-state index in [4.69, 9.17) is 0 Å². The van der Waals surface area contributed by atoms with Gasteiger partial charge in [-0.15, -0.1) is 0 Å². The van der Waals surface area contributed by atoms with Crippen LogP contribution in [0.15, 0.2) is 29.1 Å². The number of fused-ring (bicyclic) bond motifs is 1. The van der Waals surface area contributed by atoms with Crippen LogP contribution in [0, 0.1) is 5.82 Å². The fraction of sp³-hybridized carbons (Fsp3) is 0.231. The van der Waals surface area contributed by atoms with Gasteiger partial charge in [0, 0.05) is 11.9 Å². The van der Waals surface area contributed by atoms with Gasteiger partial charge in [-0.25, -0.2) is 9.87 Å². The van der Waals surface area contributed by atoms with E-state index in [2.05, 4.69) is 10.3 Å². The fourth-order valence-corrected chi connectivity index (χ4v) is 1.97. The van der Waals surface area contributed by atoms with Gasteiger partial charge in [-0.3, -0.25) is 14.4 Å². The second-order valence-corrected chi connectivity index (χ2v) is 3.95. The quantitative estimate of drug-likeness (QED) is 0.854. The number of nitrogens with zero attached hydrogens (tertiary/aromatic N) is 1. The normalized spacial score (nSPS) is 10.7. The summed E-state index contributed by atoms with van der Waals surface area (Å²) in [5, 5.41) is 0.758. The highest BCUT2D eigenvalue weighted by Crippen LogP contribution is 2.14. The lowest BCUT2D eigenvalue weighted by molar-refractivity contribution is 0.0527. The van der Waals surface area contributed by atoms with E-state index in [9.17, 15) is 14.0 Å². The topological polar surface area (TPSA) is 60.3 Å². The second-order valence-electron chi connectivity index (χ2n) is 3.95. The zero-order chi connectivity index (χ0) is 14.0. The molecule has 19 heavy (non-hydrogen) atoms. The van der Waals surface area contributed by atoms with Crippen molar-refractivity contribution in [2.75, 3.05) is 7.11 Å². The number of benzene rings is 1. The molecule has 0 aliphatic rings. The summed E-state index contributed by atoms with van der Waals surface area (Å²) < 4.78 is 14.5. The molecular formula is C13H13FN2O3. The van der Waals surface area contributed by atoms with Crippen molar-refractivity contribution in [3.8, 4) is 0 Å². The zero-order valence-corrected chi connectivity index (χ0v) is 10.6. The first-order chi connectivity index (χ1) is 9.08. The molecule has 0 saturated heterocycles. The summed E-state index contributed by atoms with van der Waals surface area (Å²) in [7, 11) is 1.30. The molecule has 1 heterocycles. The van der Waals surface area contributed by atoms with Crippen LogP contribution < -0.4 is 11.0 Å². The van der Waals surface area contributed by atoms with Crippen LogP contribution >= 0.6 is 0 Å². The van der Waals surface area contributed by atoms with Crippen LogP contribution in [0.1, 0.15) is 17.4 Å². The number of pyridine rings is 1. The van der Waals surface area contributed by atoms with Gasteiger partial charge in [0.2, 0.25) is 0 Å². The predicted molar refractivity (Wildman–Crippen MR) is 68.3 cm³/mol. The molecule has 1 aromatic heterocycles. The lowest BCUT2D eigenvalue weighted by Gasteiger charge is -2.11. The van der Waals surface area contributed by atoms with Crippen molar-refractivity contribution >= 4 is 16.7 Å². The standard InChI is InChI=1S/C13H13FN2O3/c1-3-16-11(12(17)15-19-2)7-8-6-9(14)4-5-10(8)13(16)18/h4-7H,3H2,1-2H3,(H,15,17). The Morgan fingerprint density at radius 2 is 2.16 bits per heavy atom. The number of rotatable bonds is 3. The van der Waals surface area contributed by atoms with Crippen molar-refractivity contribution < 1.29 is 14.0 Å². The number of amides is 1. The van der Waals surface area contributed by atoms with Crippen LogP contribution in [0.5, 0.6) is 0 Å². The summed E-state index contributed by atoms with van der Waals surface area (Å²) in [5.74, 6) is -1.01. The highest BCUT2D eigenvalue weighted by atomic mass is 19.1. The molecule has 0 saturated carbocycles. The average molecular weight is 264 g/mol. The first kappa shape index (κ1) is 13.2. The Bertz CT molecular complexity index is 694. The molecule has 0 aliphatic heterocycles. The Morgan fingerprint density at radius 1 is 1.42 bits per heavy atom. The van der Waals surface area contributed by atoms with Gasteiger partial charge in [0.05, 0.1) is 7.11 Å². The monoisotopic (exact) mass is 264 g/mol. The molecule has 2 aromatic rings. The van der Waals surface area contributed by atoms with Crippen molar-refractivity contribution in [3.63, 3.8) is 0 Å². The molecule has 0 bridgehead atoms. The van der Waals surface area contributed by atoms with E-state index in [-0.39, 0.29) is 11.3 Å². The highest BCUT2D eigenvalue weighted by Gasteiger charge is 2.14. The number of halogens is 1. The maximum atomic E-state index is 13.2. The minimum absolute atomic E-state index is 0.132. The molecular weight excluding hydrogens is 251 g/mol. The van der Waals surface area contributed by atoms with Crippen molar-refractivity contribution in [1.82, 2.24) is 10.0 Å². The van der Waals surface area contributed by atoms with Gasteiger partial charge in [0.15, 0.2) is 0 Å². The number of hydrogen-bond acceptors (Lipinski definition) is 3. The smallest absolute Gasteiger partial charge is 0.291 e. The SMILES string of the molecule is CCn1c(C(=O)NOC)cc2cc(F)ccc2c1=O. The summed E-state index contributed by atoms with van der Waals surface area (Å²) in [6.45, 7) is 2.08. The maximum Gasteiger partial charge on any atom is 0.291 e. The van der Waals surface area contributed by atoms with E-state index in [0.717, 1.165) is 0 Å². The number of aromatic nitrogens is 1. The van der Waals surface area contributed by atoms with Gasteiger partial charge in [-0.05, 0) is 36.6 Å². The minimum Gasteiger partial charge on any atom is -0.304 e. The molecule has 0 aliphatic carbocycles. The lowest BCUT2D eigenvalue weighted by atomic mass is 10.1. The molecule has 0 fully saturated rings. The molecule has 5 nitrogen and oxygen atoms in total. The molecule has 6 heteroatoms. The van der Waals surface area contributed by atoms with E-state index >= 15 is 0 Å². The average Bonchev–Trinajstić information content (AvgIpc) is 2.38. The minimum atomic E-state index is -0.549. The first-order valence-corrected chi connectivity index (χ1v) is 5.75. The van der Waals surface area contributed by atoms with Crippen molar-refractivity contribution in [1.29, 1.82) is 0 Å². The Morgan fingerprint density at radius 3 is 2.79 bits per heavy atom. The summed E-state index contributed by atoms with van der Waals surface area (Å²) >= 11 is 0. The van der Waals surface area contributed by atoms with Crippen LogP contribution in [0.25, 0.3) is 10.8 Å². The van der Waals surface area contributed by atoms with Gasteiger partial charge in [-0.2, -0.15) is 0 Å². The first-order valence-electron chi connectivity index (χ1n) is 5.75. The van der Waals surface area contributed by atoms with Crippen LogP contribution in [-0.2, 0) is 11.4 Å². The molecule has 0 unspecified atom stereocenters. The number of hydrogen-bond donors (Lipinski definition) is 1. The molecule has 1 aromatic carbocycles. The Labute approximate surface area is 108 Å². The molecule has 100 valence electrons. The summed E-state index contributed by atoms with van der Waals surface area (Å²) in [6.07, 6.45) is 0. The van der Waals surface area contributed by atoms with Crippen LogP contribution in [0.3, 0.4) is 0 Å². The van der Waals surface area contributed by atoms with E-state index in [1.165, 1.54) is 35.9 Å². The van der Waals surface area contributed by atoms with Crippen molar-refractivity contribution in [2.45, 2.75) is 13.5 Å². The van der Waals surface area contributed by atoms with E-state index in [1.54, 1.807) is 6.92 Å². The third-order valence-electron chi connectivity index (χ3n) is 2.82. The van der Waals surface area contributed by atoms with Crippen molar-refractivity contribution in [3.05, 3.63) is 46.1 Å². The van der Waals surface area contributed by atoms with Crippen LogP contribution in [0.2, 0.25) is 0 Å². The third-order valence-corrected chi connectivity index (χ3v) is 2.82. The van der Waals surface area contributed by atoms with Gasteiger partial charge in [0.25, 0.3) is 11.5 Å². The van der Waals surface area contributed by atoms with E-state index in [0.29, 0.717) is 17.3 Å². The fourth-order valence-electron chi connectivity index (χ4n) is 1.97. The predicted octanol–water partition coefficient (Wildman–Crippen LogP) is 1.45. The number of carbonyl (C=O) groups is 1. The Hall–Kier alpha value is -2.21.